The number of hydrogen-bond donors (Lipinski definition) is 2. The highest BCUT2D eigenvalue weighted by Gasteiger charge is 2.26. The lowest BCUT2D eigenvalue weighted by Gasteiger charge is -2.18. The normalized spacial score (nSPS) is 12.0. The first kappa shape index (κ1) is 16.1. The highest BCUT2D eigenvalue weighted by molar-refractivity contribution is 9.10. The SMILES string of the molecule is CC(C)[C@@H](NC(=O)c1cccc([N+](=O)[O-])c1Br)C(=O)O. The van der Waals surface area contributed by atoms with E-state index in [1.54, 1.807) is 13.8 Å². The van der Waals surface area contributed by atoms with E-state index in [9.17, 15) is 19.7 Å². The van der Waals surface area contributed by atoms with Gasteiger partial charge in [0.05, 0.1) is 10.5 Å². The number of halogens is 1. The van der Waals surface area contributed by atoms with E-state index in [4.69, 9.17) is 5.11 Å². The number of nitrogens with zero attached hydrogens (tertiary/aromatic N) is 1. The van der Waals surface area contributed by atoms with Crippen LogP contribution in [0.2, 0.25) is 0 Å². The van der Waals surface area contributed by atoms with Crippen LogP contribution in [0.3, 0.4) is 0 Å². The number of nitro benzene ring substituents is 1. The van der Waals surface area contributed by atoms with Crippen molar-refractivity contribution in [3.8, 4) is 0 Å². The van der Waals surface area contributed by atoms with Crippen molar-refractivity contribution in [1.29, 1.82) is 0 Å². The molecule has 1 atom stereocenters. The zero-order valence-corrected chi connectivity index (χ0v) is 12.4. The molecule has 1 aromatic rings. The maximum Gasteiger partial charge on any atom is 0.326 e. The minimum atomic E-state index is -1.16. The molecule has 0 aliphatic heterocycles. The van der Waals surface area contributed by atoms with Gasteiger partial charge in [-0.1, -0.05) is 19.9 Å². The Morgan fingerprint density at radius 1 is 1.40 bits per heavy atom. The molecule has 0 heterocycles. The minimum absolute atomic E-state index is 0.0195. The molecule has 1 rings (SSSR count). The van der Waals surface area contributed by atoms with Gasteiger partial charge in [-0.15, -0.1) is 0 Å². The van der Waals surface area contributed by atoms with Crippen LogP contribution in [0.5, 0.6) is 0 Å². The number of nitrogens with one attached hydrogen (secondary N) is 1. The fraction of sp³-hybridized carbons (Fsp3) is 0.333. The highest BCUT2D eigenvalue weighted by Crippen LogP contribution is 2.28. The first-order chi connectivity index (χ1) is 9.25. The second-order valence-corrected chi connectivity index (χ2v) is 5.22. The van der Waals surface area contributed by atoms with E-state index in [-0.39, 0.29) is 21.6 Å². The van der Waals surface area contributed by atoms with Crippen molar-refractivity contribution in [2.24, 2.45) is 5.92 Å². The number of carbonyl (C=O) groups excluding carboxylic acids is 1. The first-order valence-electron chi connectivity index (χ1n) is 5.72. The Hall–Kier alpha value is -1.96. The molecule has 0 aliphatic rings. The van der Waals surface area contributed by atoms with Crippen molar-refractivity contribution in [2.45, 2.75) is 19.9 Å². The Morgan fingerprint density at radius 2 is 2.00 bits per heavy atom. The molecule has 0 radical (unpaired) electrons. The van der Waals surface area contributed by atoms with Crippen molar-refractivity contribution in [2.75, 3.05) is 0 Å². The van der Waals surface area contributed by atoms with Crippen molar-refractivity contribution < 1.29 is 19.6 Å². The Kier molecular flexibility index (Phi) is 5.20. The van der Waals surface area contributed by atoms with E-state index in [1.165, 1.54) is 18.2 Å². The van der Waals surface area contributed by atoms with Crippen LogP contribution in [0, 0.1) is 16.0 Å². The van der Waals surface area contributed by atoms with Gasteiger partial charge in [-0.05, 0) is 27.9 Å². The molecule has 108 valence electrons. The smallest absolute Gasteiger partial charge is 0.326 e. The quantitative estimate of drug-likeness (QED) is 0.628. The van der Waals surface area contributed by atoms with Crippen LogP contribution in [0.15, 0.2) is 22.7 Å². The zero-order valence-electron chi connectivity index (χ0n) is 10.8. The van der Waals surface area contributed by atoms with Gasteiger partial charge in [-0.2, -0.15) is 0 Å². The highest BCUT2D eigenvalue weighted by atomic mass is 79.9. The summed E-state index contributed by atoms with van der Waals surface area (Å²) >= 11 is 3.00. The van der Waals surface area contributed by atoms with Crippen molar-refractivity contribution in [1.82, 2.24) is 5.32 Å². The average Bonchev–Trinajstić information content (AvgIpc) is 2.34. The molecule has 0 spiro atoms. The standard InChI is InChI=1S/C12H13BrN2O5/c1-6(2)10(12(17)18)14-11(16)7-4-3-5-8(9(7)13)15(19)20/h3-6,10H,1-2H3,(H,14,16)(H,17,18)/t10-/m1/s1. The lowest BCUT2D eigenvalue weighted by molar-refractivity contribution is -0.385. The van der Waals surface area contributed by atoms with E-state index in [0.717, 1.165) is 0 Å². The van der Waals surface area contributed by atoms with Gasteiger partial charge in [0.15, 0.2) is 0 Å². The summed E-state index contributed by atoms with van der Waals surface area (Å²) in [5.74, 6) is -2.15. The number of carboxylic acid groups (broad SMARTS) is 1. The molecule has 0 aliphatic carbocycles. The van der Waals surface area contributed by atoms with Gasteiger partial charge >= 0.3 is 5.97 Å². The largest absolute Gasteiger partial charge is 0.480 e. The van der Waals surface area contributed by atoms with Gasteiger partial charge in [-0.25, -0.2) is 4.79 Å². The van der Waals surface area contributed by atoms with E-state index in [2.05, 4.69) is 21.2 Å². The second-order valence-electron chi connectivity index (χ2n) is 4.43. The van der Waals surface area contributed by atoms with Crippen molar-refractivity contribution >= 4 is 33.5 Å². The molecular weight excluding hydrogens is 332 g/mol. The van der Waals surface area contributed by atoms with Crippen LogP contribution in [0.1, 0.15) is 24.2 Å². The molecule has 1 aromatic carbocycles. The molecule has 8 heteroatoms. The van der Waals surface area contributed by atoms with E-state index < -0.39 is 22.8 Å². The number of aliphatic carboxylic acids is 1. The molecule has 20 heavy (non-hydrogen) atoms. The summed E-state index contributed by atoms with van der Waals surface area (Å²) in [5, 5.41) is 22.1. The zero-order chi connectivity index (χ0) is 15.4. The third-order valence-electron chi connectivity index (χ3n) is 2.64. The molecule has 0 saturated carbocycles. The first-order valence-corrected chi connectivity index (χ1v) is 6.51. The number of benzene rings is 1. The summed E-state index contributed by atoms with van der Waals surface area (Å²) in [6, 6.07) is 2.93. The van der Waals surface area contributed by atoms with Crippen LogP contribution in [0.4, 0.5) is 5.69 Å². The Morgan fingerprint density at radius 3 is 2.45 bits per heavy atom. The van der Waals surface area contributed by atoms with Crippen molar-refractivity contribution in [3.63, 3.8) is 0 Å². The molecule has 2 N–H and O–H groups in total. The van der Waals surface area contributed by atoms with Crippen LogP contribution in [-0.4, -0.2) is 27.9 Å². The topological polar surface area (TPSA) is 110 Å². The number of nitro groups is 1. The third kappa shape index (κ3) is 3.53. The molecule has 1 amide bonds. The number of hydrogen-bond acceptors (Lipinski definition) is 4. The molecule has 7 nitrogen and oxygen atoms in total. The monoisotopic (exact) mass is 344 g/mol. The average molecular weight is 345 g/mol. The molecular formula is C12H13BrN2O5. The molecule has 0 bridgehead atoms. The van der Waals surface area contributed by atoms with Crippen LogP contribution in [-0.2, 0) is 4.79 Å². The maximum absolute atomic E-state index is 12.0. The Labute approximate surface area is 123 Å². The number of carboxylic acids is 1. The van der Waals surface area contributed by atoms with E-state index in [0.29, 0.717) is 0 Å². The van der Waals surface area contributed by atoms with Crippen LogP contribution in [0.25, 0.3) is 0 Å². The van der Waals surface area contributed by atoms with Gasteiger partial charge in [0.1, 0.15) is 10.5 Å². The minimum Gasteiger partial charge on any atom is -0.480 e. The summed E-state index contributed by atoms with van der Waals surface area (Å²) in [6.45, 7) is 3.31. The number of carbonyl (C=O) groups is 2. The van der Waals surface area contributed by atoms with Gasteiger partial charge in [-0.3, -0.25) is 14.9 Å². The van der Waals surface area contributed by atoms with Crippen LogP contribution < -0.4 is 5.32 Å². The second kappa shape index (κ2) is 6.47. The predicted octanol–water partition coefficient (Wildman–Crippen LogP) is 2.20. The van der Waals surface area contributed by atoms with Crippen molar-refractivity contribution in [3.05, 3.63) is 38.3 Å². The Balaban J connectivity index is 3.07. The summed E-state index contributed by atoms with van der Waals surface area (Å²) in [4.78, 5) is 33.2. The molecule has 0 aromatic heterocycles. The van der Waals surface area contributed by atoms with Gasteiger partial charge < -0.3 is 10.4 Å². The number of amides is 1. The third-order valence-corrected chi connectivity index (χ3v) is 3.47. The number of rotatable bonds is 5. The fourth-order valence-corrected chi connectivity index (χ4v) is 2.16. The summed E-state index contributed by atoms with van der Waals surface area (Å²) in [7, 11) is 0. The maximum atomic E-state index is 12.0. The van der Waals surface area contributed by atoms with E-state index >= 15 is 0 Å². The lowest BCUT2D eigenvalue weighted by Crippen LogP contribution is -2.44. The molecule has 0 fully saturated rings. The van der Waals surface area contributed by atoms with Crippen LogP contribution >= 0.6 is 15.9 Å². The van der Waals surface area contributed by atoms with Gasteiger partial charge in [0.2, 0.25) is 0 Å². The predicted molar refractivity (Wildman–Crippen MR) is 74.5 cm³/mol. The fourth-order valence-electron chi connectivity index (χ4n) is 1.57. The molecule has 0 unspecified atom stereocenters. The van der Waals surface area contributed by atoms with Gasteiger partial charge in [0, 0.05) is 6.07 Å². The van der Waals surface area contributed by atoms with E-state index in [1.807, 2.05) is 0 Å². The lowest BCUT2D eigenvalue weighted by atomic mass is 10.0. The summed E-state index contributed by atoms with van der Waals surface area (Å²) < 4.78 is 0.0235. The summed E-state index contributed by atoms with van der Waals surface area (Å²) in [5.41, 5.74) is -0.236. The van der Waals surface area contributed by atoms with Gasteiger partial charge in [0.25, 0.3) is 11.6 Å². The Bertz CT molecular complexity index is 559. The molecule has 0 saturated heterocycles. The summed E-state index contributed by atoms with van der Waals surface area (Å²) in [6.07, 6.45) is 0.